The number of aryl methyl sites for hydroxylation is 1. The Balaban J connectivity index is 1.88. The van der Waals surface area contributed by atoms with E-state index in [2.05, 4.69) is 27.9 Å². The highest BCUT2D eigenvalue weighted by Gasteiger charge is 2.05. The highest BCUT2D eigenvalue weighted by molar-refractivity contribution is 14.1. The van der Waals surface area contributed by atoms with Crippen molar-refractivity contribution >= 4 is 34.2 Å². The molecule has 1 amide bonds. The fraction of sp³-hybridized carbons (Fsp3) is 0.133. The van der Waals surface area contributed by atoms with E-state index in [1.807, 2.05) is 55.5 Å². The van der Waals surface area contributed by atoms with Gasteiger partial charge in [0.1, 0.15) is 5.75 Å². The van der Waals surface area contributed by atoms with Crippen molar-refractivity contribution in [2.75, 3.05) is 11.9 Å². The number of nitrogens with one attached hydrogen (secondary N) is 1. The maximum Gasteiger partial charge on any atom is 0.262 e. The molecule has 0 aromatic heterocycles. The maximum atomic E-state index is 11.7. The molecule has 0 saturated carbocycles. The summed E-state index contributed by atoms with van der Waals surface area (Å²) in [7, 11) is 0. The van der Waals surface area contributed by atoms with Crippen LogP contribution < -0.4 is 10.1 Å². The minimum absolute atomic E-state index is 0.00783. The molecule has 0 unspecified atom stereocenters. The molecule has 0 radical (unpaired) electrons. The van der Waals surface area contributed by atoms with Crippen LogP contribution in [0.15, 0.2) is 48.5 Å². The Morgan fingerprint density at radius 3 is 2.53 bits per heavy atom. The number of hydrogen-bond acceptors (Lipinski definition) is 2. The Hall–Kier alpha value is -1.56. The molecule has 2 aromatic carbocycles. The Morgan fingerprint density at radius 1 is 1.16 bits per heavy atom. The average Bonchev–Trinajstić information content (AvgIpc) is 2.40. The van der Waals surface area contributed by atoms with Crippen LogP contribution in [0.25, 0.3) is 0 Å². The third-order valence-electron chi connectivity index (χ3n) is 2.53. The summed E-state index contributed by atoms with van der Waals surface area (Å²) in [5, 5.41) is 2.79. The van der Waals surface area contributed by atoms with Gasteiger partial charge >= 0.3 is 0 Å². The molecule has 3 nitrogen and oxygen atoms in total. The standard InChI is InChI=1S/C15H14INO2/c1-11-6-8-12(9-7-11)17-15(18)10-19-14-5-3-2-4-13(14)16/h2-9H,10H2,1H3,(H,17,18). The first-order valence-electron chi connectivity index (χ1n) is 5.89. The lowest BCUT2D eigenvalue weighted by Crippen LogP contribution is -2.20. The number of carbonyl (C=O) groups is 1. The zero-order chi connectivity index (χ0) is 13.7. The summed E-state index contributed by atoms with van der Waals surface area (Å²) in [4.78, 5) is 11.7. The molecule has 0 heterocycles. The van der Waals surface area contributed by atoms with Crippen molar-refractivity contribution < 1.29 is 9.53 Å². The van der Waals surface area contributed by atoms with Crippen molar-refractivity contribution in [2.45, 2.75) is 6.92 Å². The summed E-state index contributed by atoms with van der Waals surface area (Å²) in [5.41, 5.74) is 1.94. The fourth-order valence-corrected chi connectivity index (χ4v) is 2.08. The number of hydrogen-bond donors (Lipinski definition) is 1. The third-order valence-corrected chi connectivity index (χ3v) is 3.42. The molecule has 1 N–H and O–H groups in total. The summed E-state index contributed by atoms with van der Waals surface area (Å²) in [5.74, 6) is 0.561. The van der Waals surface area contributed by atoms with E-state index in [0.29, 0.717) is 0 Å². The molecule has 0 spiro atoms. The van der Waals surface area contributed by atoms with E-state index in [4.69, 9.17) is 4.74 Å². The van der Waals surface area contributed by atoms with Crippen LogP contribution in [0.5, 0.6) is 5.75 Å². The number of amides is 1. The van der Waals surface area contributed by atoms with Crippen LogP contribution >= 0.6 is 22.6 Å². The largest absolute Gasteiger partial charge is 0.483 e. The van der Waals surface area contributed by atoms with Gasteiger partial charge in [0.2, 0.25) is 0 Å². The number of para-hydroxylation sites is 1. The molecule has 2 aromatic rings. The van der Waals surface area contributed by atoms with Gasteiger partial charge in [-0.25, -0.2) is 0 Å². The number of rotatable bonds is 4. The fourth-order valence-electron chi connectivity index (χ4n) is 1.54. The predicted molar refractivity (Wildman–Crippen MR) is 84.5 cm³/mol. The number of anilines is 1. The predicted octanol–water partition coefficient (Wildman–Crippen LogP) is 3.62. The van der Waals surface area contributed by atoms with Crippen molar-refractivity contribution in [1.29, 1.82) is 0 Å². The van der Waals surface area contributed by atoms with Crippen LogP contribution in [0.4, 0.5) is 5.69 Å². The smallest absolute Gasteiger partial charge is 0.262 e. The molecular weight excluding hydrogens is 353 g/mol. The maximum absolute atomic E-state index is 11.7. The lowest BCUT2D eigenvalue weighted by Gasteiger charge is -2.08. The van der Waals surface area contributed by atoms with Crippen LogP contribution in [0.3, 0.4) is 0 Å². The first-order chi connectivity index (χ1) is 9.15. The van der Waals surface area contributed by atoms with Crippen molar-refractivity contribution in [3.8, 4) is 5.75 Å². The average molecular weight is 367 g/mol. The van der Waals surface area contributed by atoms with Gasteiger partial charge in [0, 0.05) is 5.69 Å². The number of benzene rings is 2. The first-order valence-corrected chi connectivity index (χ1v) is 6.97. The zero-order valence-electron chi connectivity index (χ0n) is 10.5. The van der Waals surface area contributed by atoms with E-state index < -0.39 is 0 Å². The van der Waals surface area contributed by atoms with Gasteiger partial charge in [-0.2, -0.15) is 0 Å². The molecule has 19 heavy (non-hydrogen) atoms. The van der Waals surface area contributed by atoms with Gasteiger partial charge in [-0.15, -0.1) is 0 Å². The van der Waals surface area contributed by atoms with Crippen molar-refractivity contribution in [2.24, 2.45) is 0 Å². The van der Waals surface area contributed by atoms with E-state index in [9.17, 15) is 4.79 Å². The second-order valence-electron chi connectivity index (χ2n) is 4.13. The van der Waals surface area contributed by atoms with Gasteiger partial charge in [-0.1, -0.05) is 29.8 Å². The topological polar surface area (TPSA) is 38.3 Å². The molecule has 0 aliphatic carbocycles. The minimum atomic E-state index is -0.163. The third kappa shape index (κ3) is 4.24. The summed E-state index contributed by atoms with van der Waals surface area (Å²) < 4.78 is 6.46. The summed E-state index contributed by atoms with van der Waals surface area (Å²) in [6.07, 6.45) is 0. The van der Waals surface area contributed by atoms with Crippen molar-refractivity contribution in [1.82, 2.24) is 0 Å². The van der Waals surface area contributed by atoms with E-state index >= 15 is 0 Å². The Morgan fingerprint density at radius 2 is 1.84 bits per heavy atom. The van der Waals surface area contributed by atoms with E-state index in [0.717, 1.165) is 20.6 Å². The minimum Gasteiger partial charge on any atom is -0.483 e. The lowest BCUT2D eigenvalue weighted by molar-refractivity contribution is -0.118. The summed E-state index contributed by atoms with van der Waals surface area (Å²) in [6.45, 7) is 2.01. The zero-order valence-corrected chi connectivity index (χ0v) is 12.7. The molecule has 98 valence electrons. The Labute approximate surface area is 126 Å². The van der Waals surface area contributed by atoms with Crippen LogP contribution in [0, 0.1) is 10.5 Å². The highest BCUT2D eigenvalue weighted by atomic mass is 127. The van der Waals surface area contributed by atoms with Crippen LogP contribution in [0.2, 0.25) is 0 Å². The van der Waals surface area contributed by atoms with Crippen LogP contribution in [0.1, 0.15) is 5.56 Å². The van der Waals surface area contributed by atoms with Gasteiger partial charge in [-0.3, -0.25) is 4.79 Å². The number of carbonyl (C=O) groups excluding carboxylic acids is 1. The van der Waals surface area contributed by atoms with Crippen molar-refractivity contribution in [3.63, 3.8) is 0 Å². The molecule has 0 bridgehead atoms. The monoisotopic (exact) mass is 367 g/mol. The summed E-state index contributed by atoms with van der Waals surface area (Å²) in [6, 6.07) is 15.3. The van der Waals surface area contributed by atoms with Gasteiger partial charge in [0.15, 0.2) is 6.61 Å². The Bertz CT molecular complexity index is 567. The number of halogens is 1. The van der Waals surface area contributed by atoms with Crippen LogP contribution in [-0.2, 0) is 4.79 Å². The second kappa shape index (κ2) is 6.56. The van der Waals surface area contributed by atoms with E-state index in [1.165, 1.54) is 0 Å². The highest BCUT2D eigenvalue weighted by Crippen LogP contribution is 2.19. The van der Waals surface area contributed by atoms with E-state index in [1.54, 1.807) is 0 Å². The normalized spacial score (nSPS) is 10.0. The van der Waals surface area contributed by atoms with E-state index in [-0.39, 0.29) is 12.5 Å². The quantitative estimate of drug-likeness (QED) is 0.839. The van der Waals surface area contributed by atoms with Gasteiger partial charge in [0.25, 0.3) is 5.91 Å². The molecule has 0 aliphatic rings. The summed E-state index contributed by atoms with van der Waals surface area (Å²) >= 11 is 2.18. The SMILES string of the molecule is Cc1ccc(NC(=O)COc2ccccc2I)cc1. The molecule has 0 atom stereocenters. The molecular formula is C15H14INO2. The van der Waals surface area contributed by atoms with Crippen molar-refractivity contribution in [3.05, 3.63) is 57.7 Å². The molecule has 0 fully saturated rings. The molecule has 0 aliphatic heterocycles. The lowest BCUT2D eigenvalue weighted by atomic mass is 10.2. The number of ether oxygens (including phenoxy) is 1. The molecule has 0 saturated heterocycles. The molecule has 4 heteroatoms. The van der Waals surface area contributed by atoms with Gasteiger partial charge < -0.3 is 10.1 Å². The molecule has 2 rings (SSSR count). The van der Waals surface area contributed by atoms with Gasteiger partial charge in [-0.05, 0) is 53.8 Å². The first kappa shape index (κ1) is 13.9. The van der Waals surface area contributed by atoms with Crippen LogP contribution in [-0.4, -0.2) is 12.5 Å². The Kier molecular flexibility index (Phi) is 4.79. The second-order valence-corrected chi connectivity index (χ2v) is 5.30. The van der Waals surface area contributed by atoms with Gasteiger partial charge in [0.05, 0.1) is 3.57 Å².